The summed E-state index contributed by atoms with van der Waals surface area (Å²) in [5, 5.41) is 12.0. The molecule has 1 atom stereocenters. The zero-order valence-electron chi connectivity index (χ0n) is 13.5. The van der Waals surface area contributed by atoms with Crippen molar-refractivity contribution in [2.45, 2.75) is 37.6 Å². The molecule has 4 heteroatoms. The number of carboxylic acids is 1. The van der Waals surface area contributed by atoms with Gasteiger partial charge in [-0.15, -0.1) is 0 Å². The van der Waals surface area contributed by atoms with Gasteiger partial charge in [0.05, 0.1) is 0 Å². The lowest BCUT2D eigenvalue weighted by Crippen LogP contribution is -2.44. The highest BCUT2D eigenvalue weighted by atomic mass is 16.4. The molecule has 24 heavy (non-hydrogen) atoms. The van der Waals surface area contributed by atoms with Gasteiger partial charge in [0.25, 0.3) is 0 Å². The molecule has 0 bridgehead atoms. The SMILES string of the molecule is O=C(O)CCC1(Cc2ccc(-c3ccccc3)cc2)CCC(=O)N1. The van der Waals surface area contributed by atoms with E-state index in [4.69, 9.17) is 5.11 Å². The van der Waals surface area contributed by atoms with Crippen molar-refractivity contribution >= 4 is 11.9 Å². The van der Waals surface area contributed by atoms with Gasteiger partial charge in [-0.05, 0) is 36.0 Å². The molecule has 2 N–H and O–H groups in total. The van der Waals surface area contributed by atoms with Crippen molar-refractivity contribution in [2.24, 2.45) is 0 Å². The number of hydrogen-bond acceptors (Lipinski definition) is 2. The van der Waals surface area contributed by atoms with E-state index in [0.29, 0.717) is 25.7 Å². The van der Waals surface area contributed by atoms with Crippen molar-refractivity contribution in [3.8, 4) is 11.1 Å². The van der Waals surface area contributed by atoms with Gasteiger partial charge in [-0.2, -0.15) is 0 Å². The Morgan fingerprint density at radius 2 is 1.71 bits per heavy atom. The van der Waals surface area contributed by atoms with Crippen molar-refractivity contribution < 1.29 is 14.7 Å². The lowest BCUT2D eigenvalue weighted by Gasteiger charge is -2.29. The molecule has 2 aromatic carbocycles. The summed E-state index contributed by atoms with van der Waals surface area (Å²) < 4.78 is 0. The van der Waals surface area contributed by atoms with E-state index >= 15 is 0 Å². The molecule has 0 spiro atoms. The third kappa shape index (κ3) is 3.82. The average molecular weight is 323 g/mol. The molecule has 1 fully saturated rings. The van der Waals surface area contributed by atoms with Crippen molar-refractivity contribution in [3.05, 3.63) is 60.2 Å². The summed E-state index contributed by atoms with van der Waals surface area (Å²) in [6.07, 6.45) is 2.37. The van der Waals surface area contributed by atoms with Crippen LogP contribution in [-0.4, -0.2) is 22.5 Å². The predicted octanol–water partition coefficient (Wildman–Crippen LogP) is 3.41. The van der Waals surface area contributed by atoms with Gasteiger partial charge in [0.1, 0.15) is 0 Å². The number of aliphatic carboxylic acids is 1. The van der Waals surface area contributed by atoms with E-state index in [9.17, 15) is 9.59 Å². The fourth-order valence-electron chi connectivity index (χ4n) is 3.36. The van der Waals surface area contributed by atoms with Crippen LogP contribution in [0, 0.1) is 0 Å². The maximum atomic E-state index is 11.7. The summed E-state index contributed by atoms with van der Waals surface area (Å²) in [5.74, 6) is -0.809. The van der Waals surface area contributed by atoms with E-state index in [1.807, 2.05) is 18.2 Å². The topological polar surface area (TPSA) is 66.4 Å². The van der Waals surface area contributed by atoms with Crippen molar-refractivity contribution in [2.75, 3.05) is 0 Å². The molecule has 1 saturated heterocycles. The van der Waals surface area contributed by atoms with Gasteiger partial charge in [0.2, 0.25) is 5.91 Å². The molecule has 4 nitrogen and oxygen atoms in total. The maximum Gasteiger partial charge on any atom is 0.303 e. The minimum Gasteiger partial charge on any atom is -0.481 e. The Morgan fingerprint density at radius 3 is 2.29 bits per heavy atom. The highest BCUT2D eigenvalue weighted by Crippen LogP contribution is 2.30. The third-order valence-corrected chi connectivity index (χ3v) is 4.66. The largest absolute Gasteiger partial charge is 0.481 e. The highest BCUT2D eigenvalue weighted by molar-refractivity contribution is 5.79. The first-order chi connectivity index (χ1) is 11.6. The molecular weight excluding hydrogens is 302 g/mol. The molecule has 1 unspecified atom stereocenters. The zero-order valence-corrected chi connectivity index (χ0v) is 13.5. The van der Waals surface area contributed by atoms with Gasteiger partial charge in [-0.25, -0.2) is 0 Å². The zero-order chi connectivity index (χ0) is 17.0. The Bertz CT molecular complexity index is 724. The van der Waals surface area contributed by atoms with E-state index in [1.54, 1.807) is 0 Å². The quantitative estimate of drug-likeness (QED) is 0.856. The van der Waals surface area contributed by atoms with Gasteiger partial charge in [-0.3, -0.25) is 9.59 Å². The second-order valence-electron chi connectivity index (χ2n) is 6.46. The average Bonchev–Trinajstić information content (AvgIpc) is 2.96. The van der Waals surface area contributed by atoms with Crippen LogP contribution in [0.25, 0.3) is 11.1 Å². The van der Waals surface area contributed by atoms with Gasteiger partial charge >= 0.3 is 5.97 Å². The van der Waals surface area contributed by atoms with Crippen molar-refractivity contribution in [3.63, 3.8) is 0 Å². The number of nitrogens with one attached hydrogen (secondary N) is 1. The Morgan fingerprint density at radius 1 is 1.04 bits per heavy atom. The minimum atomic E-state index is -0.824. The molecule has 0 saturated carbocycles. The van der Waals surface area contributed by atoms with Gasteiger partial charge in [0, 0.05) is 18.4 Å². The van der Waals surface area contributed by atoms with E-state index in [-0.39, 0.29) is 12.3 Å². The fourth-order valence-corrected chi connectivity index (χ4v) is 3.36. The molecule has 1 heterocycles. The molecule has 0 aliphatic carbocycles. The predicted molar refractivity (Wildman–Crippen MR) is 92.6 cm³/mol. The van der Waals surface area contributed by atoms with Gasteiger partial charge in [0.15, 0.2) is 0 Å². The number of benzene rings is 2. The lowest BCUT2D eigenvalue weighted by atomic mass is 9.84. The molecule has 1 aliphatic rings. The van der Waals surface area contributed by atoms with Crippen LogP contribution in [0.4, 0.5) is 0 Å². The maximum absolute atomic E-state index is 11.7. The molecule has 0 aromatic heterocycles. The van der Waals surface area contributed by atoms with Crippen LogP contribution >= 0.6 is 0 Å². The number of amides is 1. The van der Waals surface area contributed by atoms with Crippen molar-refractivity contribution in [1.29, 1.82) is 0 Å². The van der Waals surface area contributed by atoms with E-state index in [2.05, 4.69) is 41.7 Å². The summed E-state index contributed by atoms with van der Waals surface area (Å²) in [6, 6.07) is 18.4. The number of carbonyl (C=O) groups is 2. The fraction of sp³-hybridized carbons (Fsp3) is 0.300. The molecule has 3 rings (SSSR count). The molecule has 1 amide bonds. The third-order valence-electron chi connectivity index (χ3n) is 4.66. The summed E-state index contributed by atoms with van der Waals surface area (Å²) in [6.45, 7) is 0. The monoisotopic (exact) mass is 323 g/mol. The van der Waals surface area contributed by atoms with Gasteiger partial charge < -0.3 is 10.4 Å². The van der Waals surface area contributed by atoms with Crippen LogP contribution in [-0.2, 0) is 16.0 Å². The molecule has 124 valence electrons. The standard InChI is InChI=1S/C20H21NO3/c22-18-10-12-20(21-18,13-11-19(23)24)14-15-6-8-17(9-7-15)16-4-2-1-3-5-16/h1-9H,10-14H2,(H,21,22)(H,23,24). The highest BCUT2D eigenvalue weighted by Gasteiger charge is 2.37. The van der Waals surface area contributed by atoms with Crippen LogP contribution in [0.3, 0.4) is 0 Å². The Hall–Kier alpha value is -2.62. The Labute approximate surface area is 141 Å². The Kier molecular flexibility index (Phi) is 4.65. The normalized spacial score (nSPS) is 19.9. The smallest absolute Gasteiger partial charge is 0.303 e. The van der Waals surface area contributed by atoms with E-state index in [1.165, 1.54) is 5.56 Å². The first-order valence-corrected chi connectivity index (χ1v) is 8.24. The van der Waals surface area contributed by atoms with Crippen LogP contribution in [0.5, 0.6) is 0 Å². The minimum absolute atomic E-state index is 0.0151. The molecule has 2 aromatic rings. The van der Waals surface area contributed by atoms with Crippen LogP contribution in [0.1, 0.15) is 31.2 Å². The van der Waals surface area contributed by atoms with Crippen LogP contribution in [0.2, 0.25) is 0 Å². The van der Waals surface area contributed by atoms with Crippen LogP contribution in [0.15, 0.2) is 54.6 Å². The first kappa shape index (κ1) is 16.2. The number of rotatable bonds is 6. The molecular formula is C20H21NO3. The number of hydrogen-bond donors (Lipinski definition) is 2. The van der Waals surface area contributed by atoms with Crippen molar-refractivity contribution in [1.82, 2.24) is 5.32 Å². The number of carbonyl (C=O) groups excluding carboxylic acids is 1. The summed E-state index contributed by atoms with van der Waals surface area (Å²) in [4.78, 5) is 22.6. The number of carboxylic acid groups (broad SMARTS) is 1. The lowest BCUT2D eigenvalue weighted by molar-refractivity contribution is -0.137. The summed E-state index contributed by atoms with van der Waals surface area (Å²) in [5.41, 5.74) is 3.00. The summed E-state index contributed by atoms with van der Waals surface area (Å²) >= 11 is 0. The van der Waals surface area contributed by atoms with E-state index in [0.717, 1.165) is 11.1 Å². The molecule has 1 aliphatic heterocycles. The second kappa shape index (κ2) is 6.87. The molecule has 0 radical (unpaired) electrons. The summed E-state index contributed by atoms with van der Waals surface area (Å²) in [7, 11) is 0. The second-order valence-corrected chi connectivity index (χ2v) is 6.46. The van der Waals surface area contributed by atoms with Crippen LogP contribution < -0.4 is 5.32 Å². The first-order valence-electron chi connectivity index (χ1n) is 8.24. The Balaban J connectivity index is 1.75. The van der Waals surface area contributed by atoms with E-state index < -0.39 is 11.5 Å². The van der Waals surface area contributed by atoms with Gasteiger partial charge in [-0.1, -0.05) is 54.6 Å².